The molecule has 0 bridgehead atoms. The first-order valence-corrected chi connectivity index (χ1v) is 6.56. The van der Waals surface area contributed by atoms with Crippen molar-refractivity contribution in [3.05, 3.63) is 17.5 Å². The number of carboxylic acids is 1. The Morgan fingerprint density at radius 3 is 2.95 bits per heavy atom. The topological polar surface area (TPSA) is 86.8 Å². The van der Waals surface area contributed by atoms with Gasteiger partial charge in [0.15, 0.2) is 5.76 Å². The molecule has 1 fully saturated rings. The van der Waals surface area contributed by atoms with Crippen LogP contribution in [0.4, 0.5) is 0 Å². The van der Waals surface area contributed by atoms with Crippen LogP contribution in [0.5, 0.6) is 0 Å². The molecular formula is C13H20N2O4. The molecule has 0 spiro atoms. The van der Waals surface area contributed by atoms with Gasteiger partial charge in [-0.05, 0) is 12.3 Å². The van der Waals surface area contributed by atoms with Crippen LogP contribution in [-0.4, -0.2) is 45.4 Å². The number of aliphatic carboxylic acids is 1. The zero-order valence-corrected chi connectivity index (χ0v) is 11.2. The van der Waals surface area contributed by atoms with Crippen molar-refractivity contribution in [3.8, 4) is 0 Å². The van der Waals surface area contributed by atoms with Crippen molar-refractivity contribution >= 4 is 5.97 Å². The molecule has 6 nitrogen and oxygen atoms in total. The van der Waals surface area contributed by atoms with Gasteiger partial charge < -0.3 is 14.7 Å². The summed E-state index contributed by atoms with van der Waals surface area (Å²) in [5.74, 6) is -0.615. The average Bonchev–Trinajstić information content (AvgIpc) is 2.80. The maximum Gasteiger partial charge on any atom is 0.310 e. The standard InChI is InChI=1S/C13H20N2O4/c1-8(2)11-5-9(19-14-11)6-15-4-3-12(16)10(7-15)13(17)18/h5,8,10,12,16H,3-4,6-7H2,1-2H3,(H,17,18)/t10-,12+/m1/s1. The molecule has 0 radical (unpaired) electrons. The van der Waals surface area contributed by atoms with Crippen LogP contribution in [0.3, 0.4) is 0 Å². The SMILES string of the molecule is CC(C)c1cc(CN2CC[C@H](O)[C@H](C(=O)O)C2)on1. The van der Waals surface area contributed by atoms with Gasteiger partial charge in [-0.2, -0.15) is 0 Å². The van der Waals surface area contributed by atoms with Gasteiger partial charge in [0.25, 0.3) is 0 Å². The number of aromatic nitrogens is 1. The summed E-state index contributed by atoms with van der Waals surface area (Å²) in [4.78, 5) is 13.0. The van der Waals surface area contributed by atoms with Crippen LogP contribution in [0.1, 0.15) is 37.6 Å². The van der Waals surface area contributed by atoms with Crippen LogP contribution in [0.25, 0.3) is 0 Å². The third-order valence-electron chi connectivity index (χ3n) is 3.53. The van der Waals surface area contributed by atoms with Gasteiger partial charge in [-0.25, -0.2) is 0 Å². The van der Waals surface area contributed by atoms with Crippen molar-refractivity contribution in [2.75, 3.05) is 13.1 Å². The Morgan fingerprint density at radius 2 is 2.37 bits per heavy atom. The number of rotatable bonds is 4. The molecule has 6 heteroatoms. The lowest BCUT2D eigenvalue weighted by atomic mass is 9.95. The molecule has 1 aromatic heterocycles. The average molecular weight is 268 g/mol. The van der Waals surface area contributed by atoms with Crippen LogP contribution >= 0.6 is 0 Å². The lowest BCUT2D eigenvalue weighted by Crippen LogP contribution is -2.46. The van der Waals surface area contributed by atoms with Gasteiger partial charge in [-0.1, -0.05) is 19.0 Å². The lowest BCUT2D eigenvalue weighted by Gasteiger charge is -2.33. The molecule has 1 aliphatic rings. The van der Waals surface area contributed by atoms with Crippen molar-refractivity contribution in [3.63, 3.8) is 0 Å². The van der Waals surface area contributed by atoms with E-state index in [1.165, 1.54) is 0 Å². The van der Waals surface area contributed by atoms with Crippen molar-refractivity contribution in [2.24, 2.45) is 5.92 Å². The number of hydrogen-bond acceptors (Lipinski definition) is 5. The molecule has 0 aliphatic carbocycles. The number of likely N-dealkylation sites (tertiary alicyclic amines) is 1. The van der Waals surface area contributed by atoms with E-state index in [2.05, 4.69) is 5.16 Å². The summed E-state index contributed by atoms with van der Waals surface area (Å²) in [7, 11) is 0. The Hall–Kier alpha value is -1.40. The maximum absolute atomic E-state index is 11.0. The quantitative estimate of drug-likeness (QED) is 0.849. The Kier molecular flexibility index (Phi) is 4.21. The molecule has 2 atom stereocenters. The van der Waals surface area contributed by atoms with Crippen LogP contribution < -0.4 is 0 Å². The molecule has 2 heterocycles. The fourth-order valence-corrected chi connectivity index (χ4v) is 2.29. The fraction of sp³-hybridized carbons (Fsp3) is 0.692. The van der Waals surface area contributed by atoms with Gasteiger partial charge in [0, 0.05) is 19.2 Å². The van der Waals surface area contributed by atoms with E-state index in [4.69, 9.17) is 9.63 Å². The normalized spacial score (nSPS) is 24.8. The molecule has 1 aromatic rings. The zero-order chi connectivity index (χ0) is 14.0. The highest BCUT2D eigenvalue weighted by Crippen LogP contribution is 2.21. The number of aliphatic hydroxyl groups excluding tert-OH is 1. The minimum absolute atomic E-state index is 0.312. The first kappa shape index (κ1) is 14.0. The number of carbonyl (C=O) groups is 1. The molecule has 1 aliphatic heterocycles. The summed E-state index contributed by atoms with van der Waals surface area (Å²) < 4.78 is 5.25. The van der Waals surface area contributed by atoms with Crippen molar-refractivity contribution in [2.45, 2.75) is 38.8 Å². The van der Waals surface area contributed by atoms with E-state index in [1.807, 2.05) is 24.8 Å². The van der Waals surface area contributed by atoms with Crippen molar-refractivity contribution in [1.82, 2.24) is 10.1 Å². The summed E-state index contributed by atoms with van der Waals surface area (Å²) >= 11 is 0. The minimum Gasteiger partial charge on any atom is -0.481 e. The second kappa shape index (κ2) is 5.71. The van der Waals surface area contributed by atoms with E-state index in [1.54, 1.807) is 0 Å². The largest absolute Gasteiger partial charge is 0.481 e. The molecule has 0 unspecified atom stereocenters. The van der Waals surface area contributed by atoms with E-state index in [0.717, 1.165) is 11.5 Å². The van der Waals surface area contributed by atoms with Gasteiger partial charge in [0.1, 0.15) is 0 Å². The lowest BCUT2D eigenvalue weighted by molar-refractivity contribution is -0.149. The first-order chi connectivity index (χ1) is 8.97. The second-order valence-corrected chi connectivity index (χ2v) is 5.41. The van der Waals surface area contributed by atoms with Gasteiger partial charge in [0.05, 0.1) is 24.3 Å². The molecule has 19 heavy (non-hydrogen) atoms. The zero-order valence-electron chi connectivity index (χ0n) is 11.2. The summed E-state index contributed by atoms with van der Waals surface area (Å²) in [6, 6.07) is 1.91. The summed E-state index contributed by atoms with van der Waals surface area (Å²) in [6.45, 7) is 5.63. The van der Waals surface area contributed by atoms with Crippen LogP contribution in [-0.2, 0) is 11.3 Å². The highest BCUT2D eigenvalue weighted by Gasteiger charge is 2.33. The first-order valence-electron chi connectivity index (χ1n) is 6.56. The third kappa shape index (κ3) is 3.33. The van der Waals surface area contributed by atoms with E-state index >= 15 is 0 Å². The molecular weight excluding hydrogens is 248 g/mol. The number of piperidine rings is 1. The highest BCUT2D eigenvalue weighted by atomic mass is 16.5. The van der Waals surface area contributed by atoms with Crippen LogP contribution in [0.2, 0.25) is 0 Å². The molecule has 0 aromatic carbocycles. The molecule has 2 N–H and O–H groups in total. The Bertz CT molecular complexity index is 444. The van der Waals surface area contributed by atoms with Gasteiger partial charge in [-0.15, -0.1) is 0 Å². The number of hydrogen-bond donors (Lipinski definition) is 2. The second-order valence-electron chi connectivity index (χ2n) is 5.41. The number of nitrogens with zero attached hydrogens (tertiary/aromatic N) is 2. The van der Waals surface area contributed by atoms with Crippen molar-refractivity contribution < 1.29 is 19.5 Å². The molecule has 106 valence electrons. The summed E-state index contributed by atoms with van der Waals surface area (Å²) in [5, 5.41) is 22.7. The van der Waals surface area contributed by atoms with Gasteiger partial charge in [-0.3, -0.25) is 9.69 Å². The van der Waals surface area contributed by atoms with Gasteiger partial charge in [0.2, 0.25) is 0 Å². The van der Waals surface area contributed by atoms with Crippen molar-refractivity contribution in [1.29, 1.82) is 0 Å². The number of carboxylic acid groups (broad SMARTS) is 1. The predicted octanol–water partition coefficient (Wildman–Crippen LogP) is 1.07. The molecule has 2 rings (SSSR count). The molecule has 0 saturated carbocycles. The smallest absolute Gasteiger partial charge is 0.310 e. The van der Waals surface area contributed by atoms with Gasteiger partial charge >= 0.3 is 5.97 Å². The third-order valence-corrected chi connectivity index (χ3v) is 3.53. The minimum atomic E-state index is -0.947. The van der Waals surface area contributed by atoms with E-state index in [9.17, 15) is 9.90 Å². The van der Waals surface area contributed by atoms with Crippen LogP contribution in [0, 0.1) is 5.92 Å². The summed E-state index contributed by atoms with van der Waals surface area (Å²) in [6.07, 6.45) is -0.281. The Morgan fingerprint density at radius 1 is 1.63 bits per heavy atom. The highest BCUT2D eigenvalue weighted by molar-refractivity contribution is 5.71. The fourth-order valence-electron chi connectivity index (χ4n) is 2.29. The Balaban J connectivity index is 1.97. The maximum atomic E-state index is 11.0. The number of aliphatic hydroxyl groups is 1. The molecule has 1 saturated heterocycles. The monoisotopic (exact) mass is 268 g/mol. The summed E-state index contributed by atoms with van der Waals surface area (Å²) in [5.41, 5.74) is 0.904. The Labute approximate surface area is 112 Å². The predicted molar refractivity (Wildman–Crippen MR) is 67.6 cm³/mol. The molecule has 0 amide bonds. The van der Waals surface area contributed by atoms with E-state index < -0.39 is 18.0 Å². The van der Waals surface area contributed by atoms with Crippen LogP contribution in [0.15, 0.2) is 10.6 Å². The van der Waals surface area contributed by atoms with E-state index in [-0.39, 0.29) is 0 Å². The van der Waals surface area contributed by atoms with E-state index in [0.29, 0.717) is 32.0 Å².